The normalized spacial score (nSPS) is 12.4. The summed E-state index contributed by atoms with van der Waals surface area (Å²) >= 11 is 3.03. The van der Waals surface area contributed by atoms with Crippen molar-refractivity contribution in [3.63, 3.8) is 0 Å². The van der Waals surface area contributed by atoms with Gasteiger partial charge in [-0.05, 0) is 30.7 Å². The maximum Gasteiger partial charge on any atom is 0.573 e. The van der Waals surface area contributed by atoms with Gasteiger partial charge in [-0.15, -0.1) is 13.2 Å². The second-order valence-corrected chi connectivity index (χ2v) is 8.38. The third kappa shape index (κ3) is 5.21. The van der Waals surface area contributed by atoms with E-state index in [2.05, 4.69) is 20.7 Å². The number of halogens is 4. The van der Waals surface area contributed by atoms with Gasteiger partial charge in [0, 0.05) is 17.6 Å². The fourth-order valence-electron chi connectivity index (χ4n) is 2.42. The van der Waals surface area contributed by atoms with Crippen molar-refractivity contribution in [1.29, 1.82) is 0 Å². The average molecular weight is 452 g/mol. The number of rotatable bonds is 6. The van der Waals surface area contributed by atoms with Gasteiger partial charge in [0.05, 0.1) is 0 Å². The van der Waals surface area contributed by atoms with Gasteiger partial charge in [0.1, 0.15) is 4.90 Å². The Morgan fingerprint density at radius 1 is 1.15 bits per heavy atom. The zero-order chi connectivity index (χ0) is 19.5. The lowest BCUT2D eigenvalue weighted by Crippen LogP contribution is -2.31. The molecule has 0 atom stereocenters. The summed E-state index contributed by atoms with van der Waals surface area (Å²) in [7, 11) is -4.19. The third-order valence-corrected chi connectivity index (χ3v) is 6.00. The molecule has 0 saturated heterocycles. The first-order chi connectivity index (χ1) is 12.0. The maximum absolute atomic E-state index is 12.9. The molecule has 26 heavy (non-hydrogen) atoms. The predicted octanol–water partition coefficient (Wildman–Crippen LogP) is 4.87. The Balaban J connectivity index is 2.44. The van der Waals surface area contributed by atoms with Crippen LogP contribution in [0.2, 0.25) is 0 Å². The molecule has 142 valence electrons. The molecule has 0 aromatic heterocycles. The topological polar surface area (TPSA) is 46.6 Å². The minimum atomic E-state index is -5.00. The lowest BCUT2D eigenvalue weighted by atomic mass is 10.1. The fraction of sp³-hybridized carbons (Fsp3) is 0.294. The lowest BCUT2D eigenvalue weighted by molar-refractivity contribution is -0.275. The minimum absolute atomic E-state index is 0.0437. The first-order valence-corrected chi connectivity index (χ1v) is 9.87. The summed E-state index contributed by atoms with van der Waals surface area (Å²) in [6.07, 6.45) is -5.00. The number of nitrogens with zero attached hydrogens (tertiary/aromatic N) is 1. The number of aryl methyl sites for hydroxylation is 1. The highest BCUT2D eigenvalue weighted by atomic mass is 79.9. The Bertz CT molecular complexity index is 885. The van der Waals surface area contributed by atoms with Gasteiger partial charge >= 0.3 is 6.36 Å². The summed E-state index contributed by atoms with van der Waals surface area (Å²) in [4.78, 5) is -0.535. The molecular weight excluding hydrogens is 435 g/mol. The van der Waals surface area contributed by atoms with E-state index in [-0.39, 0.29) is 17.6 Å². The number of hydrogen-bond acceptors (Lipinski definition) is 3. The summed E-state index contributed by atoms with van der Waals surface area (Å²) < 4.78 is 69.2. The average Bonchev–Trinajstić information content (AvgIpc) is 2.50. The molecule has 0 saturated carbocycles. The van der Waals surface area contributed by atoms with Gasteiger partial charge in [0.15, 0.2) is 5.75 Å². The van der Waals surface area contributed by atoms with Gasteiger partial charge in [0.25, 0.3) is 0 Å². The van der Waals surface area contributed by atoms with Crippen LogP contribution in [0.25, 0.3) is 0 Å². The molecule has 0 aliphatic heterocycles. The van der Waals surface area contributed by atoms with Crippen molar-refractivity contribution >= 4 is 26.0 Å². The Labute approximate surface area is 158 Å². The number of alkyl halides is 3. The monoisotopic (exact) mass is 451 g/mol. The second kappa shape index (κ2) is 7.98. The van der Waals surface area contributed by atoms with Crippen LogP contribution in [0.5, 0.6) is 5.75 Å². The van der Waals surface area contributed by atoms with Crippen LogP contribution in [0, 0.1) is 6.92 Å². The fourth-order valence-corrected chi connectivity index (χ4v) is 4.29. The van der Waals surface area contributed by atoms with Crippen molar-refractivity contribution in [1.82, 2.24) is 4.31 Å². The smallest absolute Gasteiger partial charge is 0.404 e. The maximum atomic E-state index is 12.9. The van der Waals surface area contributed by atoms with E-state index >= 15 is 0 Å². The molecule has 4 nitrogen and oxygen atoms in total. The molecule has 0 aliphatic carbocycles. The second-order valence-electron chi connectivity index (χ2n) is 5.56. The van der Waals surface area contributed by atoms with E-state index in [0.717, 1.165) is 27.6 Å². The molecule has 0 N–H and O–H groups in total. The number of ether oxygens (including phenoxy) is 1. The van der Waals surface area contributed by atoms with E-state index in [0.29, 0.717) is 0 Å². The quantitative estimate of drug-likeness (QED) is 0.629. The standard InChI is InChI=1S/C17H17BrF3NO3S/c1-3-22(11-13-6-4-5-12(2)9-13)26(23,24)16-8-7-14(18)10-15(16)25-17(19,20)21/h4-10H,3,11H2,1-2H3. The molecule has 0 spiro atoms. The van der Waals surface area contributed by atoms with E-state index in [1.807, 2.05) is 19.1 Å². The van der Waals surface area contributed by atoms with Crippen molar-refractivity contribution in [2.45, 2.75) is 31.7 Å². The van der Waals surface area contributed by atoms with Crippen LogP contribution < -0.4 is 4.74 Å². The SMILES string of the molecule is CCN(Cc1cccc(C)c1)S(=O)(=O)c1ccc(Br)cc1OC(F)(F)F. The van der Waals surface area contributed by atoms with Crippen LogP contribution in [0.1, 0.15) is 18.1 Å². The van der Waals surface area contributed by atoms with E-state index < -0.39 is 27.0 Å². The van der Waals surface area contributed by atoms with Gasteiger partial charge in [-0.2, -0.15) is 4.31 Å². The van der Waals surface area contributed by atoms with Gasteiger partial charge in [-0.25, -0.2) is 8.42 Å². The first-order valence-electron chi connectivity index (χ1n) is 7.64. The highest BCUT2D eigenvalue weighted by Crippen LogP contribution is 2.34. The molecule has 2 aromatic carbocycles. The summed E-state index contributed by atoms with van der Waals surface area (Å²) in [6, 6.07) is 10.7. The predicted molar refractivity (Wildman–Crippen MR) is 95.3 cm³/mol. The Kier molecular flexibility index (Phi) is 6.36. The van der Waals surface area contributed by atoms with Crippen LogP contribution in [-0.2, 0) is 16.6 Å². The van der Waals surface area contributed by atoms with Gasteiger partial charge in [-0.1, -0.05) is 52.7 Å². The molecule has 2 aromatic rings. The molecule has 2 rings (SSSR count). The number of sulfonamides is 1. The van der Waals surface area contributed by atoms with Crippen LogP contribution >= 0.6 is 15.9 Å². The van der Waals surface area contributed by atoms with Gasteiger partial charge in [0.2, 0.25) is 10.0 Å². The highest BCUT2D eigenvalue weighted by molar-refractivity contribution is 9.10. The number of hydrogen-bond donors (Lipinski definition) is 0. The molecule has 0 fully saturated rings. The Morgan fingerprint density at radius 3 is 2.42 bits per heavy atom. The molecule has 0 unspecified atom stereocenters. The summed E-state index contributed by atoms with van der Waals surface area (Å²) in [6.45, 7) is 3.63. The molecular formula is C17H17BrF3NO3S. The van der Waals surface area contributed by atoms with Crippen molar-refractivity contribution in [2.24, 2.45) is 0 Å². The van der Waals surface area contributed by atoms with E-state index in [4.69, 9.17) is 0 Å². The summed E-state index contributed by atoms with van der Waals surface area (Å²) in [5, 5.41) is 0. The van der Waals surface area contributed by atoms with Crippen molar-refractivity contribution in [3.05, 3.63) is 58.1 Å². The Morgan fingerprint density at radius 2 is 1.85 bits per heavy atom. The van der Waals surface area contributed by atoms with Gasteiger partial charge in [-0.3, -0.25) is 0 Å². The van der Waals surface area contributed by atoms with Crippen LogP contribution in [0.3, 0.4) is 0 Å². The first kappa shape index (κ1) is 20.7. The molecule has 9 heteroatoms. The summed E-state index contributed by atoms with van der Waals surface area (Å²) in [5.41, 5.74) is 1.70. The molecule has 0 amide bonds. The molecule has 0 bridgehead atoms. The molecule has 0 heterocycles. The van der Waals surface area contributed by atoms with E-state index in [9.17, 15) is 21.6 Å². The highest BCUT2D eigenvalue weighted by Gasteiger charge is 2.35. The largest absolute Gasteiger partial charge is 0.573 e. The van der Waals surface area contributed by atoms with Crippen LogP contribution in [-0.4, -0.2) is 25.6 Å². The number of benzene rings is 2. The van der Waals surface area contributed by atoms with E-state index in [1.54, 1.807) is 19.1 Å². The van der Waals surface area contributed by atoms with Crippen molar-refractivity contribution < 1.29 is 26.3 Å². The lowest BCUT2D eigenvalue weighted by Gasteiger charge is -2.22. The molecule has 0 aliphatic rings. The third-order valence-electron chi connectivity index (χ3n) is 3.54. The zero-order valence-corrected chi connectivity index (χ0v) is 16.5. The van der Waals surface area contributed by atoms with Crippen molar-refractivity contribution in [2.75, 3.05) is 6.54 Å². The Hall–Kier alpha value is -1.58. The van der Waals surface area contributed by atoms with Crippen molar-refractivity contribution in [3.8, 4) is 5.75 Å². The zero-order valence-electron chi connectivity index (χ0n) is 14.0. The molecule has 0 radical (unpaired) electrons. The summed E-state index contributed by atoms with van der Waals surface area (Å²) in [5.74, 6) is -0.769. The van der Waals surface area contributed by atoms with Gasteiger partial charge < -0.3 is 4.74 Å². The van der Waals surface area contributed by atoms with Crippen LogP contribution in [0.15, 0.2) is 51.8 Å². The minimum Gasteiger partial charge on any atom is -0.404 e. The van der Waals surface area contributed by atoms with Crippen LogP contribution in [0.4, 0.5) is 13.2 Å². The van der Waals surface area contributed by atoms with E-state index in [1.165, 1.54) is 6.07 Å².